The number of thioether (sulfide) groups is 1. The number of para-hydroxylation sites is 1. The largest absolute Gasteiger partial charge is 0.496 e. The van der Waals surface area contributed by atoms with Gasteiger partial charge in [-0.1, -0.05) is 30.0 Å². The highest BCUT2D eigenvalue weighted by Gasteiger charge is 2.42. The molecule has 0 fully saturated rings. The van der Waals surface area contributed by atoms with Crippen molar-refractivity contribution in [1.29, 1.82) is 0 Å². The zero-order valence-electron chi connectivity index (χ0n) is 18.0. The van der Waals surface area contributed by atoms with Crippen LogP contribution in [0.15, 0.2) is 74.4 Å². The number of hydrogen-bond acceptors (Lipinski definition) is 8. The van der Waals surface area contributed by atoms with Gasteiger partial charge in [-0.3, -0.25) is 4.79 Å². The van der Waals surface area contributed by atoms with Gasteiger partial charge in [0.2, 0.25) is 5.91 Å². The number of hydrogen-bond donors (Lipinski definition) is 1. The lowest BCUT2D eigenvalue weighted by Crippen LogP contribution is -2.38. The number of furan rings is 1. The number of fused-ring (bicyclic) bond motifs is 1. The third kappa shape index (κ3) is 4.16. The van der Waals surface area contributed by atoms with E-state index in [1.165, 1.54) is 18.9 Å². The highest BCUT2D eigenvalue weighted by atomic mass is 32.2. The molecule has 1 amide bonds. The second-order valence-electron chi connectivity index (χ2n) is 7.16. The number of nitrogens with one attached hydrogen (secondary N) is 1. The van der Waals surface area contributed by atoms with Crippen molar-refractivity contribution in [2.75, 3.05) is 14.2 Å². The topological polar surface area (TPSA) is 93.4 Å². The molecule has 2 aliphatic heterocycles. The van der Waals surface area contributed by atoms with E-state index in [4.69, 9.17) is 13.9 Å². The van der Waals surface area contributed by atoms with E-state index >= 15 is 0 Å². The Bertz CT molecular complexity index is 1120. The molecule has 2 aromatic rings. The number of amides is 1. The van der Waals surface area contributed by atoms with Gasteiger partial charge >= 0.3 is 5.97 Å². The van der Waals surface area contributed by atoms with E-state index in [1.807, 2.05) is 34.6 Å². The quantitative estimate of drug-likeness (QED) is 0.638. The fourth-order valence-electron chi connectivity index (χ4n) is 3.75. The molecule has 0 radical (unpaired) electrons. The van der Waals surface area contributed by atoms with Gasteiger partial charge in [-0.25, -0.2) is 9.79 Å². The Morgan fingerprint density at radius 2 is 2.03 bits per heavy atom. The molecule has 0 saturated heterocycles. The van der Waals surface area contributed by atoms with E-state index in [9.17, 15) is 9.59 Å². The van der Waals surface area contributed by atoms with Crippen LogP contribution < -0.4 is 10.1 Å². The average Bonchev–Trinajstić information content (AvgIpc) is 3.46. The second kappa shape index (κ2) is 9.35. The van der Waals surface area contributed by atoms with Gasteiger partial charge in [-0.05, 0) is 30.5 Å². The predicted molar refractivity (Wildman–Crippen MR) is 121 cm³/mol. The highest BCUT2D eigenvalue weighted by molar-refractivity contribution is 8.16. The summed E-state index contributed by atoms with van der Waals surface area (Å²) in [5.41, 5.74) is 2.50. The van der Waals surface area contributed by atoms with Crippen molar-refractivity contribution >= 4 is 28.8 Å². The van der Waals surface area contributed by atoms with E-state index in [1.54, 1.807) is 32.4 Å². The molecule has 32 heavy (non-hydrogen) atoms. The molecule has 0 unspecified atom stereocenters. The van der Waals surface area contributed by atoms with Crippen molar-refractivity contribution in [2.24, 2.45) is 4.99 Å². The summed E-state index contributed by atoms with van der Waals surface area (Å²) in [5, 5.41) is 5.45. The molecule has 166 valence electrons. The molecule has 1 N–H and O–H groups in total. The predicted octanol–water partition coefficient (Wildman–Crippen LogP) is 3.74. The Balaban J connectivity index is 1.66. The summed E-state index contributed by atoms with van der Waals surface area (Å²) in [5.74, 6) is 0.664. The molecule has 0 bridgehead atoms. The molecular formula is C23H23N3O5S. The van der Waals surface area contributed by atoms with Crippen molar-refractivity contribution < 1.29 is 23.5 Å². The first-order valence-corrected chi connectivity index (χ1v) is 10.9. The third-order valence-corrected chi connectivity index (χ3v) is 6.11. The van der Waals surface area contributed by atoms with E-state index in [0.717, 1.165) is 11.3 Å². The average molecular weight is 454 g/mol. The van der Waals surface area contributed by atoms with Crippen LogP contribution in [-0.4, -0.2) is 36.2 Å². The van der Waals surface area contributed by atoms with Crippen LogP contribution in [0.4, 0.5) is 0 Å². The fourth-order valence-corrected chi connectivity index (χ4v) is 4.72. The molecule has 4 rings (SSSR count). The van der Waals surface area contributed by atoms with Crippen molar-refractivity contribution in [1.82, 2.24) is 10.2 Å². The van der Waals surface area contributed by atoms with Crippen LogP contribution >= 0.6 is 11.8 Å². The standard InChI is InChI=1S/C23H23N3O5S/c1-14-20(22(28)30-3)21(17-8-4-5-9-18(17)29-2)26-15(13-32-23(26)25-14)11-19(27)24-12-16-7-6-10-31-16/h4-10,13,21H,11-12H2,1-3H3,(H,24,27)/t21-/m0/s1. The lowest BCUT2D eigenvalue weighted by molar-refractivity contribution is -0.136. The summed E-state index contributed by atoms with van der Waals surface area (Å²) in [6.07, 6.45) is 1.68. The summed E-state index contributed by atoms with van der Waals surface area (Å²) in [7, 11) is 2.93. The maximum atomic E-state index is 12.8. The number of nitrogens with zero attached hydrogens (tertiary/aromatic N) is 2. The molecule has 1 aromatic heterocycles. The van der Waals surface area contributed by atoms with Gasteiger partial charge in [-0.2, -0.15) is 0 Å². The van der Waals surface area contributed by atoms with Gasteiger partial charge in [0, 0.05) is 11.3 Å². The second-order valence-corrected chi connectivity index (χ2v) is 8.00. The Morgan fingerprint density at radius 3 is 2.75 bits per heavy atom. The van der Waals surface area contributed by atoms with Crippen LogP contribution in [0.3, 0.4) is 0 Å². The lowest BCUT2D eigenvalue weighted by atomic mass is 9.93. The molecular weight excluding hydrogens is 430 g/mol. The molecule has 0 aliphatic carbocycles. The number of allylic oxidation sites excluding steroid dienone is 1. The monoisotopic (exact) mass is 453 g/mol. The summed E-state index contributed by atoms with van der Waals surface area (Å²) >= 11 is 1.42. The number of aliphatic imine (C=N–C) groups is 1. The van der Waals surface area contributed by atoms with Gasteiger partial charge in [0.05, 0.1) is 50.8 Å². The number of ether oxygens (including phenoxy) is 2. The van der Waals surface area contributed by atoms with Crippen molar-refractivity contribution in [2.45, 2.75) is 25.9 Å². The van der Waals surface area contributed by atoms with Crippen LogP contribution in [0.1, 0.15) is 30.7 Å². The molecule has 1 atom stereocenters. The smallest absolute Gasteiger partial charge is 0.338 e. The molecule has 8 nitrogen and oxygen atoms in total. The SMILES string of the molecule is COC(=O)C1=C(C)N=C2SC=C(CC(=O)NCc3ccco3)N2[C@H]1c1ccccc1OC. The first-order valence-electron chi connectivity index (χ1n) is 9.98. The van der Waals surface area contributed by atoms with Crippen molar-refractivity contribution in [3.63, 3.8) is 0 Å². The van der Waals surface area contributed by atoms with E-state index in [0.29, 0.717) is 34.5 Å². The maximum Gasteiger partial charge on any atom is 0.338 e. The van der Waals surface area contributed by atoms with E-state index in [2.05, 4.69) is 10.3 Å². The van der Waals surface area contributed by atoms with Crippen LogP contribution in [-0.2, 0) is 20.9 Å². The molecule has 0 spiro atoms. The maximum absolute atomic E-state index is 12.8. The Kier molecular flexibility index (Phi) is 6.36. The van der Waals surface area contributed by atoms with Crippen molar-refractivity contribution in [3.05, 3.63) is 76.4 Å². The van der Waals surface area contributed by atoms with Gasteiger partial charge in [0.15, 0.2) is 5.17 Å². The Morgan fingerprint density at radius 1 is 1.22 bits per heavy atom. The number of rotatable bonds is 7. The summed E-state index contributed by atoms with van der Waals surface area (Å²) in [4.78, 5) is 32.0. The zero-order chi connectivity index (χ0) is 22.7. The van der Waals surface area contributed by atoms with Crippen LogP contribution in [0.2, 0.25) is 0 Å². The molecule has 2 aliphatic rings. The Labute approximate surface area is 190 Å². The third-order valence-electron chi connectivity index (χ3n) is 5.22. The molecule has 9 heteroatoms. The van der Waals surface area contributed by atoms with Crippen LogP contribution in [0.5, 0.6) is 5.75 Å². The van der Waals surface area contributed by atoms with E-state index < -0.39 is 12.0 Å². The van der Waals surface area contributed by atoms with Crippen LogP contribution in [0, 0.1) is 0 Å². The molecule has 1 aromatic carbocycles. The number of carbonyl (C=O) groups is 2. The highest BCUT2D eigenvalue weighted by Crippen LogP contribution is 2.46. The number of methoxy groups -OCH3 is 2. The number of esters is 1. The number of carbonyl (C=O) groups excluding carboxylic acids is 2. The lowest BCUT2D eigenvalue weighted by Gasteiger charge is -2.36. The van der Waals surface area contributed by atoms with Gasteiger partial charge in [0.25, 0.3) is 0 Å². The van der Waals surface area contributed by atoms with Gasteiger partial charge < -0.3 is 24.1 Å². The number of amidine groups is 1. The molecule has 3 heterocycles. The minimum absolute atomic E-state index is 0.117. The summed E-state index contributed by atoms with van der Waals surface area (Å²) in [6, 6.07) is 10.5. The van der Waals surface area contributed by atoms with Gasteiger partial charge in [-0.15, -0.1) is 0 Å². The number of benzene rings is 1. The normalized spacial score (nSPS) is 17.5. The van der Waals surface area contributed by atoms with E-state index in [-0.39, 0.29) is 12.3 Å². The van der Waals surface area contributed by atoms with Crippen molar-refractivity contribution in [3.8, 4) is 5.75 Å². The first-order chi connectivity index (χ1) is 15.5. The Hall–Kier alpha value is -3.46. The first kappa shape index (κ1) is 21.8. The zero-order valence-corrected chi connectivity index (χ0v) is 18.8. The van der Waals surface area contributed by atoms with Gasteiger partial charge in [0.1, 0.15) is 11.5 Å². The minimum Gasteiger partial charge on any atom is -0.496 e. The van der Waals surface area contributed by atoms with Crippen LogP contribution in [0.25, 0.3) is 0 Å². The minimum atomic E-state index is -0.537. The summed E-state index contributed by atoms with van der Waals surface area (Å²) < 4.78 is 15.9. The summed E-state index contributed by atoms with van der Waals surface area (Å²) in [6.45, 7) is 2.09. The molecule has 0 saturated carbocycles. The fraction of sp³-hybridized carbons (Fsp3) is 0.261.